The Balaban J connectivity index is 1.80. The predicted molar refractivity (Wildman–Crippen MR) is 123 cm³/mol. The minimum absolute atomic E-state index is 0.295. The first kappa shape index (κ1) is 22.0. The maximum Gasteiger partial charge on any atom is 0.191 e. The molecule has 1 atom stereocenters. The van der Waals surface area contributed by atoms with Crippen molar-refractivity contribution in [2.45, 2.75) is 63.5 Å². The van der Waals surface area contributed by atoms with Crippen LogP contribution in [0.2, 0.25) is 0 Å². The van der Waals surface area contributed by atoms with Crippen molar-refractivity contribution in [1.29, 1.82) is 0 Å². The molecule has 156 valence electrons. The quantitative estimate of drug-likeness (QED) is 0.380. The van der Waals surface area contributed by atoms with Gasteiger partial charge < -0.3 is 4.57 Å². The Kier molecular flexibility index (Phi) is 7.86. The summed E-state index contributed by atoms with van der Waals surface area (Å²) < 4.78 is 2.33. The molecule has 2 heterocycles. The Hall–Kier alpha value is -1.70. The minimum atomic E-state index is 0.295. The zero-order valence-electron chi connectivity index (χ0n) is 18.1. The van der Waals surface area contributed by atoms with E-state index < -0.39 is 0 Å². The fourth-order valence-electron chi connectivity index (χ4n) is 3.35. The van der Waals surface area contributed by atoms with Crippen LogP contribution in [0, 0.1) is 6.92 Å². The topological polar surface area (TPSA) is 46.8 Å². The highest BCUT2D eigenvalue weighted by molar-refractivity contribution is 7.98. The summed E-state index contributed by atoms with van der Waals surface area (Å²) in [6.45, 7) is 7.52. The van der Waals surface area contributed by atoms with Gasteiger partial charge in [0.1, 0.15) is 5.01 Å². The van der Waals surface area contributed by atoms with Gasteiger partial charge in [0.25, 0.3) is 0 Å². The Morgan fingerprint density at radius 2 is 1.90 bits per heavy atom. The zero-order valence-corrected chi connectivity index (χ0v) is 19.7. The standard InChI is InChI=1S/C22H31N5S2/c1-6-8-14-27-20(18(7-2)26(4)5)24-25-22(27)28-15-19-16(3)23-21(29-19)17-12-10-9-11-13-17/h9-13,18H,6-8,14-15H2,1-5H3. The molecule has 0 bridgehead atoms. The highest BCUT2D eigenvalue weighted by Gasteiger charge is 2.22. The van der Waals surface area contributed by atoms with Gasteiger partial charge in [-0.15, -0.1) is 21.5 Å². The van der Waals surface area contributed by atoms with Gasteiger partial charge in [-0.2, -0.15) is 0 Å². The Labute approximate surface area is 182 Å². The van der Waals surface area contributed by atoms with Crippen LogP contribution < -0.4 is 0 Å². The maximum atomic E-state index is 4.79. The van der Waals surface area contributed by atoms with Crippen molar-refractivity contribution in [3.63, 3.8) is 0 Å². The van der Waals surface area contributed by atoms with Crippen LogP contribution in [0.4, 0.5) is 0 Å². The van der Waals surface area contributed by atoms with Crippen LogP contribution in [0.3, 0.4) is 0 Å². The van der Waals surface area contributed by atoms with Crippen molar-refractivity contribution in [3.05, 3.63) is 46.7 Å². The average Bonchev–Trinajstić information content (AvgIpc) is 3.29. The van der Waals surface area contributed by atoms with Gasteiger partial charge in [0, 0.05) is 22.7 Å². The molecule has 0 saturated heterocycles. The lowest BCUT2D eigenvalue weighted by Crippen LogP contribution is -2.23. The van der Waals surface area contributed by atoms with Gasteiger partial charge in [0.15, 0.2) is 11.0 Å². The van der Waals surface area contributed by atoms with E-state index in [4.69, 9.17) is 4.98 Å². The molecular weight excluding hydrogens is 398 g/mol. The number of hydrogen-bond donors (Lipinski definition) is 0. The number of unbranched alkanes of at least 4 members (excludes halogenated alkanes) is 1. The minimum Gasteiger partial charge on any atom is -0.305 e. The lowest BCUT2D eigenvalue weighted by atomic mass is 10.2. The zero-order chi connectivity index (χ0) is 20.8. The van der Waals surface area contributed by atoms with Crippen LogP contribution in [-0.2, 0) is 12.3 Å². The molecule has 0 N–H and O–H groups in total. The molecule has 0 radical (unpaired) electrons. The van der Waals surface area contributed by atoms with Gasteiger partial charge in [-0.05, 0) is 33.9 Å². The fraction of sp³-hybridized carbons (Fsp3) is 0.500. The number of thioether (sulfide) groups is 1. The van der Waals surface area contributed by atoms with Crippen LogP contribution in [0.5, 0.6) is 0 Å². The van der Waals surface area contributed by atoms with Crippen molar-refractivity contribution in [3.8, 4) is 10.6 Å². The molecular formula is C22H31N5S2. The summed E-state index contributed by atoms with van der Waals surface area (Å²) in [6, 6.07) is 10.7. The first-order chi connectivity index (χ1) is 14.0. The highest BCUT2D eigenvalue weighted by Crippen LogP contribution is 2.33. The number of thiazole rings is 1. The van der Waals surface area contributed by atoms with Gasteiger partial charge >= 0.3 is 0 Å². The van der Waals surface area contributed by atoms with Gasteiger partial charge in [0.05, 0.1) is 11.7 Å². The molecule has 0 aliphatic carbocycles. The molecule has 2 aromatic heterocycles. The van der Waals surface area contributed by atoms with E-state index in [1.807, 2.05) is 6.07 Å². The maximum absolute atomic E-state index is 4.79. The van der Waals surface area contributed by atoms with Crippen molar-refractivity contribution >= 4 is 23.1 Å². The fourth-order valence-corrected chi connectivity index (χ4v) is 5.54. The van der Waals surface area contributed by atoms with E-state index in [0.717, 1.165) is 53.2 Å². The Morgan fingerprint density at radius 3 is 2.55 bits per heavy atom. The lowest BCUT2D eigenvalue weighted by Gasteiger charge is -2.23. The third-order valence-corrected chi connectivity index (χ3v) is 7.42. The molecule has 7 heteroatoms. The summed E-state index contributed by atoms with van der Waals surface area (Å²) >= 11 is 3.56. The molecule has 0 amide bonds. The summed E-state index contributed by atoms with van der Waals surface area (Å²) in [6.07, 6.45) is 3.32. The van der Waals surface area contributed by atoms with Crippen molar-refractivity contribution in [2.75, 3.05) is 14.1 Å². The largest absolute Gasteiger partial charge is 0.305 e. The Morgan fingerprint density at radius 1 is 1.14 bits per heavy atom. The number of nitrogens with zero attached hydrogens (tertiary/aromatic N) is 5. The van der Waals surface area contributed by atoms with E-state index in [-0.39, 0.29) is 0 Å². The molecule has 0 aliphatic rings. The number of hydrogen-bond acceptors (Lipinski definition) is 6. The molecule has 1 unspecified atom stereocenters. The number of benzene rings is 1. The van der Waals surface area contributed by atoms with E-state index in [9.17, 15) is 0 Å². The van der Waals surface area contributed by atoms with Crippen molar-refractivity contribution in [2.24, 2.45) is 0 Å². The summed E-state index contributed by atoms with van der Waals surface area (Å²) in [5.74, 6) is 1.96. The van der Waals surface area contributed by atoms with E-state index in [0.29, 0.717) is 6.04 Å². The van der Waals surface area contributed by atoms with Crippen LogP contribution >= 0.6 is 23.1 Å². The lowest BCUT2D eigenvalue weighted by molar-refractivity contribution is 0.270. The van der Waals surface area contributed by atoms with Crippen molar-refractivity contribution < 1.29 is 0 Å². The van der Waals surface area contributed by atoms with E-state index in [1.165, 1.54) is 10.4 Å². The SMILES string of the molecule is CCCCn1c(SCc2sc(-c3ccccc3)nc2C)nnc1C(CC)N(C)C. The number of aryl methyl sites for hydroxylation is 1. The van der Waals surface area contributed by atoms with Crippen LogP contribution in [0.1, 0.15) is 55.5 Å². The molecule has 1 aromatic carbocycles. The second-order valence-corrected chi connectivity index (χ2v) is 9.44. The molecule has 0 saturated carbocycles. The summed E-state index contributed by atoms with van der Waals surface area (Å²) in [5, 5.41) is 11.3. The van der Waals surface area contributed by atoms with Gasteiger partial charge in [-0.3, -0.25) is 4.90 Å². The summed E-state index contributed by atoms with van der Waals surface area (Å²) in [5.41, 5.74) is 2.29. The van der Waals surface area contributed by atoms with Crippen LogP contribution in [0.25, 0.3) is 10.6 Å². The summed E-state index contributed by atoms with van der Waals surface area (Å²) in [4.78, 5) is 8.33. The second-order valence-electron chi connectivity index (χ2n) is 7.42. The molecule has 5 nitrogen and oxygen atoms in total. The smallest absolute Gasteiger partial charge is 0.191 e. The Bertz CT molecular complexity index is 901. The van der Waals surface area contributed by atoms with Gasteiger partial charge in [0.2, 0.25) is 0 Å². The first-order valence-corrected chi connectivity index (χ1v) is 12.1. The van der Waals surface area contributed by atoms with Gasteiger partial charge in [-0.25, -0.2) is 4.98 Å². The predicted octanol–water partition coefficient (Wildman–Crippen LogP) is 5.82. The van der Waals surface area contributed by atoms with Crippen LogP contribution in [0.15, 0.2) is 35.5 Å². The monoisotopic (exact) mass is 429 g/mol. The first-order valence-electron chi connectivity index (χ1n) is 10.3. The third kappa shape index (κ3) is 5.27. The highest BCUT2D eigenvalue weighted by atomic mass is 32.2. The average molecular weight is 430 g/mol. The third-order valence-electron chi connectivity index (χ3n) is 5.03. The van der Waals surface area contributed by atoms with Crippen LogP contribution in [-0.4, -0.2) is 38.7 Å². The van der Waals surface area contributed by atoms with Gasteiger partial charge in [-0.1, -0.05) is 62.4 Å². The second kappa shape index (κ2) is 10.4. The molecule has 0 spiro atoms. The number of rotatable bonds is 10. The normalized spacial score (nSPS) is 12.6. The van der Waals surface area contributed by atoms with E-state index in [1.54, 1.807) is 23.1 Å². The summed E-state index contributed by atoms with van der Waals surface area (Å²) in [7, 11) is 4.23. The molecule has 0 fully saturated rings. The number of aromatic nitrogens is 4. The molecule has 3 aromatic rings. The molecule has 3 rings (SSSR count). The van der Waals surface area contributed by atoms with E-state index in [2.05, 4.69) is 78.8 Å². The van der Waals surface area contributed by atoms with E-state index >= 15 is 0 Å². The van der Waals surface area contributed by atoms with Crippen molar-refractivity contribution in [1.82, 2.24) is 24.6 Å². The molecule has 0 aliphatic heterocycles. The molecule has 29 heavy (non-hydrogen) atoms.